The van der Waals surface area contributed by atoms with Crippen LogP contribution in [0.1, 0.15) is 20.8 Å². The lowest BCUT2D eigenvalue weighted by molar-refractivity contribution is -0.120. The molecule has 3 atom stereocenters. The molecule has 2 rings (SSSR count). The van der Waals surface area contributed by atoms with Crippen molar-refractivity contribution in [2.45, 2.75) is 31.7 Å². The first-order valence-corrected chi connectivity index (χ1v) is 9.87. The van der Waals surface area contributed by atoms with E-state index in [0.29, 0.717) is 4.90 Å². The van der Waals surface area contributed by atoms with Gasteiger partial charge in [-0.05, 0) is 23.3 Å². The molecule has 0 bridgehead atoms. The lowest BCUT2D eigenvalue weighted by atomic mass is 9.91. The quantitative estimate of drug-likeness (QED) is 0.891. The Morgan fingerprint density at radius 1 is 1.33 bits per heavy atom. The third-order valence-corrected chi connectivity index (χ3v) is 7.30. The van der Waals surface area contributed by atoms with Gasteiger partial charge in [0, 0.05) is 10.1 Å². The molecule has 8 heteroatoms. The number of rotatable bonds is 4. The molecule has 1 unspecified atom stereocenters. The molecular formula is C13H19N3O2S3. The summed E-state index contributed by atoms with van der Waals surface area (Å²) in [6.45, 7) is 5.83. The zero-order chi connectivity index (χ0) is 15.8. The summed E-state index contributed by atoms with van der Waals surface area (Å²) in [6, 6.07) is 1.14. The Hall–Kier alpha value is -0.800. The van der Waals surface area contributed by atoms with Gasteiger partial charge in [0.05, 0.1) is 15.6 Å². The zero-order valence-corrected chi connectivity index (χ0v) is 14.6. The average Bonchev–Trinajstić information content (AvgIpc) is 2.97. The van der Waals surface area contributed by atoms with E-state index < -0.39 is 21.9 Å². The number of amides is 1. The maximum atomic E-state index is 12.6. The van der Waals surface area contributed by atoms with Crippen molar-refractivity contribution < 1.29 is 9.00 Å². The lowest BCUT2D eigenvalue weighted by Gasteiger charge is -2.20. The van der Waals surface area contributed by atoms with E-state index in [1.54, 1.807) is 5.38 Å². The van der Waals surface area contributed by atoms with Crippen molar-refractivity contribution in [3.63, 3.8) is 0 Å². The number of carbonyl (C=O) groups is 1. The average molecular weight is 346 g/mol. The molecule has 0 spiro atoms. The van der Waals surface area contributed by atoms with Gasteiger partial charge in [0.1, 0.15) is 9.92 Å². The van der Waals surface area contributed by atoms with Crippen molar-refractivity contribution in [2.75, 3.05) is 0 Å². The first kappa shape index (κ1) is 16.6. The maximum absolute atomic E-state index is 12.6. The molecule has 0 saturated carbocycles. The number of nitrogens with two attached hydrogens (primary N) is 2. The summed E-state index contributed by atoms with van der Waals surface area (Å²) in [5.41, 5.74) is 5.90. The molecule has 0 aliphatic carbocycles. The molecule has 0 fully saturated rings. The van der Waals surface area contributed by atoms with Crippen LogP contribution < -0.4 is 10.9 Å². The summed E-state index contributed by atoms with van der Waals surface area (Å²) in [7, 11) is -3.25. The van der Waals surface area contributed by atoms with Crippen LogP contribution in [0, 0.1) is 11.8 Å². The van der Waals surface area contributed by atoms with Crippen molar-refractivity contribution in [3.05, 3.63) is 16.8 Å². The van der Waals surface area contributed by atoms with Gasteiger partial charge in [-0.2, -0.15) is 0 Å². The molecule has 0 aliphatic heterocycles. The minimum Gasteiger partial charge on any atom is -0.320 e. The Bertz CT molecular complexity index is 769. The molecule has 5 nitrogen and oxygen atoms in total. The number of hydrogen-bond acceptors (Lipinski definition) is 5. The van der Waals surface area contributed by atoms with Crippen LogP contribution in [-0.2, 0) is 14.7 Å². The fourth-order valence-electron chi connectivity index (χ4n) is 1.83. The SMILES string of the molecule is CC(C)[C@H](C)[C@H](N)C(=O)N=S(N)(=O)c1csc2ccsc12. The molecule has 2 aromatic rings. The van der Waals surface area contributed by atoms with Crippen LogP contribution in [0.2, 0.25) is 0 Å². The van der Waals surface area contributed by atoms with Crippen molar-refractivity contribution in [1.82, 2.24) is 0 Å². The Labute approximate surface area is 132 Å². The van der Waals surface area contributed by atoms with Crippen LogP contribution >= 0.6 is 22.7 Å². The molecule has 4 N–H and O–H groups in total. The van der Waals surface area contributed by atoms with E-state index >= 15 is 0 Å². The predicted octanol–water partition coefficient (Wildman–Crippen LogP) is 2.81. The first-order valence-electron chi connectivity index (χ1n) is 6.53. The standard InChI is InChI=1S/C13H19N3O2S3/c1-7(2)8(3)11(14)13(17)16-21(15,18)10-6-20-9-4-5-19-12(9)10/h4-8,11H,14H2,1-3H3,(H2,15,16,17,18)/t8-,11-,21?/m0/s1. The maximum Gasteiger partial charge on any atom is 0.272 e. The van der Waals surface area contributed by atoms with Gasteiger partial charge < -0.3 is 5.73 Å². The zero-order valence-electron chi connectivity index (χ0n) is 12.1. The van der Waals surface area contributed by atoms with E-state index in [1.807, 2.05) is 32.2 Å². The summed E-state index contributed by atoms with van der Waals surface area (Å²) in [6.07, 6.45) is 0. The van der Waals surface area contributed by atoms with Crippen LogP contribution in [0.5, 0.6) is 0 Å². The second-order valence-corrected chi connectivity index (χ2v) is 8.93. The van der Waals surface area contributed by atoms with E-state index in [-0.39, 0.29) is 11.8 Å². The smallest absolute Gasteiger partial charge is 0.272 e. The number of hydrogen-bond donors (Lipinski definition) is 2. The van der Waals surface area contributed by atoms with Crippen LogP contribution in [0.3, 0.4) is 0 Å². The van der Waals surface area contributed by atoms with Crippen LogP contribution in [0.15, 0.2) is 26.1 Å². The topological polar surface area (TPSA) is 98.5 Å². The van der Waals surface area contributed by atoms with E-state index in [1.165, 1.54) is 22.7 Å². The van der Waals surface area contributed by atoms with Gasteiger partial charge in [0.15, 0.2) is 0 Å². The van der Waals surface area contributed by atoms with Gasteiger partial charge in [-0.3, -0.25) is 4.79 Å². The van der Waals surface area contributed by atoms with Crippen molar-refractivity contribution in [2.24, 2.45) is 27.1 Å². The van der Waals surface area contributed by atoms with E-state index in [4.69, 9.17) is 10.9 Å². The minimum atomic E-state index is -3.25. The fourth-order valence-corrected chi connectivity index (χ4v) is 5.82. The van der Waals surface area contributed by atoms with Crippen LogP contribution in [0.25, 0.3) is 9.40 Å². The van der Waals surface area contributed by atoms with E-state index in [0.717, 1.165) is 9.40 Å². The molecular weight excluding hydrogens is 326 g/mol. The first-order chi connectivity index (χ1) is 9.74. The van der Waals surface area contributed by atoms with Gasteiger partial charge in [-0.25, -0.2) is 9.35 Å². The van der Waals surface area contributed by atoms with Gasteiger partial charge in [0.2, 0.25) is 0 Å². The van der Waals surface area contributed by atoms with Crippen LogP contribution in [0.4, 0.5) is 0 Å². The lowest BCUT2D eigenvalue weighted by Crippen LogP contribution is -2.39. The van der Waals surface area contributed by atoms with Crippen LogP contribution in [-0.4, -0.2) is 16.2 Å². The normalized spacial score (nSPS) is 17.6. The molecule has 1 amide bonds. The van der Waals surface area contributed by atoms with E-state index in [9.17, 15) is 9.00 Å². The number of nitrogens with zero attached hydrogens (tertiary/aromatic N) is 1. The monoisotopic (exact) mass is 345 g/mol. The Morgan fingerprint density at radius 3 is 2.62 bits per heavy atom. The second kappa shape index (κ2) is 6.13. The molecule has 2 aromatic heterocycles. The van der Waals surface area contributed by atoms with Crippen molar-refractivity contribution in [1.29, 1.82) is 0 Å². The van der Waals surface area contributed by atoms with Gasteiger partial charge in [-0.1, -0.05) is 20.8 Å². The Kier molecular flexibility index (Phi) is 4.84. The fraction of sp³-hybridized carbons (Fsp3) is 0.462. The number of thiophene rings is 2. The highest BCUT2D eigenvalue weighted by Crippen LogP contribution is 2.33. The number of fused-ring (bicyclic) bond motifs is 1. The van der Waals surface area contributed by atoms with Gasteiger partial charge in [-0.15, -0.1) is 27.0 Å². The van der Waals surface area contributed by atoms with E-state index in [2.05, 4.69) is 4.36 Å². The predicted molar refractivity (Wildman–Crippen MR) is 89.7 cm³/mol. The summed E-state index contributed by atoms with van der Waals surface area (Å²) in [5, 5.41) is 9.42. The summed E-state index contributed by atoms with van der Waals surface area (Å²) in [5.74, 6) is -0.418. The third kappa shape index (κ3) is 3.35. The molecule has 0 aliphatic rings. The summed E-state index contributed by atoms with van der Waals surface area (Å²) >= 11 is 2.89. The third-order valence-electron chi connectivity index (χ3n) is 3.59. The highest BCUT2D eigenvalue weighted by Gasteiger charge is 2.25. The highest BCUT2D eigenvalue weighted by atomic mass is 32.2. The minimum absolute atomic E-state index is 0.0549. The molecule has 116 valence electrons. The second-order valence-electron chi connectivity index (χ2n) is 5.34. The molecule has 21 heavy (non-hydrogen) atoms. The molecule has 2 heterocycles. The Morgan fingerprint density at radius 2 is 2.00 bits per heavy atom. The summed E-state index contributed by atoms with van der Waals surface area (Å²) < 4.78 is 18.2. The van der Waals surface area contributed by atoms with Gasteiger partial charge >= 0.3 is 0 Å². The largest absolute Gasteiger partial charge is 0.320 e. The Balaban J connectivity index is 2.37. The highest BCUT2D eigenvalue weighted by molar-refractivity contribution is 7.92. The van der Waals surface area contributed by atoms with Gasteiger partial charge in [0.25, 0.3) is 5.91 Å². The van der Waals surface area contributed by atoms with Crippen molar-refractivity contribution in [3.8, 4) is 0 Å². The molecule has 0 radical (unpaired) electrons. The number of carbonyl (C=O) groups excluding carboxylic acids is 1. The molecule has 0 aromatic carbocycles. The van der Waals surface area contributed by atoms with Crippen molar-refractivity contribution >= 4 is 47.9 Å². The summed E-state index contributed by atoms with van der Waals surface area (Å²) in [4.78, 5) is 12.6. The molecule has 0 saturated heterocycles.